The molecule has 2 rings (SSSR count). The first-order valence-corrected chi connectivity index (χ1v) is 6.77. The summed E-state index contributed by atoms with van der Waals surface area (Å²) in [5, 5.41) is 15.4. The molecule has 0 aromatic carbocycles. The van der Waals surface area contributed by atoms with Crippen molar-refractivity contribution in [2.45, 2.75) is 38.1 Å². The van der Waals surface area contributed by atoms with Gasteiger partial charge in [-0.05, 0) is 32.2 Å². The van der Waals surface area contributed by atoms with Gasteiger partial charge in [-0.3, -0.25) is 0 Å². The molecule has 1 aromatic heterocycles. The maximum Gasteiger partial charge on any atom is 0.129 e. The van der Waals surface area contributed by atoms with Gasteiger partial charge in [0.15, 0.2) is 0 Å². The van der Waals surface area contributed by atoms with E-state index in [-0.39, 0.29) is 6.61 Å². The summed E-state index contributed by atoms with van der Waals surface area (Å²) in [6.45, 7) is 1.80. The van der Waals surface area contributed by atoms with E-state index in [0.717, 1.165) is 30.9 Å². The Morgan fingerprint density at radius 3 is 3.11 bits per heavy atom. The molecule has 3 N–H and O–H groups in total. The molecule has 100 valence electrons. The first-order valence-electron chi connectivity index (χ1n) is 6.77. The van der Waals surface area contributed by atoms with E-state index in [1.165, 1.54) is 19.3 Å². The second-order valence-corrected chi connectivity index (χ2v) is 4.73. The molecule has 0 radical (unpaired) electrons. The van der Waals surface area contributed by atoms with Gasteiger partial charge in [-0.25, -0.2) is 9.97 Å². The molecule has 1 aliphatic heterocycles. The van der Waals surface area contributed by atoms with Crippen molar-refractivity contribution in [1.29, 1.82) is 0 Å². The smallest absolute Gasteiger partial charge is 0.129 e. The number of aliphatic hydroxyl groups excluding tert-OH is 1. The van der Waals surface area contributed by atoms with Crippen molar-refractivity contribution in [3.8, 4) is 0 Å². The van der Waals surface area contributed by atoms with E-state index in [0.29, 0.717) is 12.6 Å². The Kier molecular flexibility index (Phi) is 5.36. The second-order valence-electron chi connectivity index (χ2n) is 4.73. The molecular weight excluding hydrogens is 228 g/mol. The van der Waals surface area contributed by atoms with Crippen molar-refractivity contribution in [2.24, 2.45) is 0 Å². The normalized spacial score (nSPS) is 19.7. The Balaban J connectivity index is 1.80. The Labute approximate surface area is 108 Å². The molecule has 18 heavy (non-hydrogen) atoms. The topological polar surface area (TPSA) is 70.1 Å². The second kappa shape index (κ2) is 7.28. The molecule has 1 unspecified atom stereocenters. The minimum atomic E-state index is 0.116. The van der Waals surface area contributed by atoms with Gasteiger partial charge in [0.2, 0.25) is 0 Å². The Morgan fingerprint density at radius 2 is 2.33 bits per heavy atom. The fraction of sp³-hybridized carbons (Fsp3) is 0.692. The number of nitrogens with zero attached hydrogens (tertiary/aromatic N) is 2. The van der Waals surface area contributed by atoms with Gasteiger partial charge >= 0.3 is 0 Å². The van der Waals surface area contributed by atoms with Crippen LogP contribution in [0.4, 0.5) is 5.82 Å². The molecule has 0 saturated carbocycles. The molecule has 0 bridgehead atoms. The van der Waals surface area contributed by atoms with Crippen molar-refractivity contribution >= 4 is 5.82 Å². The number of aromatic nitrogens is 2. The summed E-state index contributed by atoms with van der Waals surface area (Å²) in [6.07, 6.45) is 7.62. The number of aliphatic hydroxyl groups is 1. The minimum absolute atomic E-state index is 0.116. The van der Waals surface area contributed by atoms with Crippen LogP contribution in [0.25, 0.3) is 0 Å². The zero-order valence-electron chi connectivity index (χ0n) is 10.7. The Bertz CT molecular complexity index is 353. The van der Waals surface area contributed by atoms with Gasteiger partial charge in [0, 0.05) is 24.3 Å². The van der Waals surface area contributed by atoms with Gasteiger partial charge < -0.3 is 15.7 Å². The fourth-order valence-corrected chi connectivity index (χ4v) is 2.31. The summed E-state index contributed by atoms with van der Waals surface area (Å²) in [5.41, 5.74) is 1.07. The van der Waals surface area contributed by atoms with E-state index in [9.17, 15) is 0 Å². The lowest BCUT2D eigenvalue weighted by molar-refractivity contribution is 0.311. The maximum absolute atomic E-state index is 8.76. The summed E-state index contributed by atoms with van der Waals surface area (Å²) in [7, 11) is 0. The van der Waals surface area contributed by atoms with Gasteiger partial charge in [-0.15, -0.1) is 0 Å². The van der Waals surface area contributed by atoms with Crippen LogP contribution in [-0.4, -0.2) is 40.8 Å². The SMILES string of the molecule is OCCNc1cc(CCC2CCCCN2)ncn1. The van der Waals surface area contributed by atoms with Gasteiger partial charge in [0.1, 0.15) is 12.1 Å². The zero-order valence-corrected chi connectivity index (χ0v) is 10.7. The molecule has 0 aliphatic carbocycles. The van der Waals surface area contributed by atoms with Crippen LogP contribution < -0.4 is 10.6 Å². The quantitative estimate of drug-likeness (QED) is 0.701. The highest BCUT2D eigenvalue weighted by atomic mass is 16.3. The number of hydrogen-bond donors (Lipinski definition) is 3. The number of anilines is 1. The van der Waals surface area contributed by atoms with E-state index in [1.807, 2.05) is 6.07 Å². The van der Waals surface area contributed by atoms with Crippen LogP contribution in [0.1, 0.15) is 31.4 Å². The molecule has 0 amide bonds. The highest BCUT2D eigenvalue weighted by molar-refractivity contribution is 5.34. The van der Waals surface area contributed by atoms with Gasteiger partial charge in [-0.1, -0.05) is 6.42 Å². The van der Waals surface area contributed by atoms with Crippen LogP contribution in [0, 0.1) is 0 Å². The van der Waals surface area contributed by atoms with Crippen molar-refractivity contribution in [3.05, 3.63) is 18.1 Å². The monoisotopic (exact) mass is 250 g/mol. The lowest BCUT2D eigenvalue weighted by atomic mass is 10.00. The van der Waals surface area contributed by atoms with Crippen molar-refractivity contribution in [3.63, 3.8) is 0 Å². The van der Waals surface area contributed by atoms with E-state index in [2.05, 4.69) is 20.6 Å². The number of piperidine rings is 1. The molecule has 5 nitrogen and oxygen atoms in total. The molecule has 1 saturated heterocycles. The van der Waals surface area contributed by atoms with E-state index >= 15 is 0 Å². The van der Waals surface area contributed by atoms with Crippen molar-refractivity contribution in [2.75, 3.05) is 25.0 Å². The molecule has 0 spiro atoms. The molecule has 1 atom stereocenters. The van der Waals surface area contributed by atoms with E-state index in [1.54, 1.807) is 6.33 Å². The molecule has 2 heterocycles. The summed E-state index contributed by atoms with van der Waals surface area (Å²) in [5.74, 6) is 0.797. The molecule has 1 aliphatic rings. The lowest BCUT2D eigenvalue weighted by Gasteiger charge is -2.23. The zero-order chi connectivity index (χ0) is 12.6. The largest absolute Gasteiger partial charge is 0.395 e. The van der Waals surface area contributed by atoms with E-state index < -0.39 is 0 Å². The van der Waals surface area contributed by atoms with Crippen LogP contribution >= 0.6 is 0 Å². The number of hydrogen-bond acceptors (Lipinski definition) is 5. The predicted octanol–water partition coefficient (Wildman–Crippen LogP) is 0.955. The number of nitrogens with one attached hydrogen (secondary N) is 2. The number of aryl methyl sites for hydroxylation is 1. The summed E-state index contributed by atoms with van der Waals surface area (Å²) in [6, 6.07) is 2.61. The van der Waals surface area contributed by atoms with Gasteiger partial charge in [0.25, 0.3) is 0 Å². The third-order valence-corrected chi connectivity index (χ3v) is 3.30. The van der Waals surface area contributed by atoms with Gasteiger partial charge in [-0.2, -0.15) is 0 Å². The van der Waals surface area contributed by atoms with Crippen molar-refractivity contribution in [1.82, 2.24) is 15.3 Å². The lowest BCUT2D eigenvalue weighted by Crippen LogP contribution is -2.34. The summed E-state index contributed by atoms with van der Waals surface area (Å²) in [4.78, 5) is 8.41. The van der Waals surface area contributed by atoms with Crippen LogP contribution in [0.3, 0.4) is 0 Å². The van der Waals surface area contributed by atoms with Crippen LogP contribution in [-0.2, 0) is 6.42 Å². The number of rotatable bonds is 6. The Morgan fingerprint density at radius 1 is 1.39 bits per heavy atom. The Hall–Kier alpha value is -1.20. The molecule has 1 fully saturated rings. The standard InChI is InChI=1S/C13H22N4O/c18-8-7-15-13-9-12(16-10-17-13)5-4-11-3-1-2-6-14-11/h9-11,14,18H,1-8H2,(H,15,16,17). The van der Waals surface area contributed by atoms with Crippen LogP contribution in [0.2, 0.25) is 0 Å². The van der Waals surface area contributed by atoms with Crippen LogP contribution in [0.15, 0.2) is 12.4 Å². The highest BCUT2D eigenvalue weighted by Gasteiger charge is 2.12. The van der Waals surface area contributed by atoms with Gasteiger partial charge in [0.05, 0.1) is 6.61 Å². The molecule has 1 aromatic rings. The first-order chi connectivity index (χ1) is 8.88. The minimum Gasteiger partial charge on any atom is -0.395 e. The van der Waals surface area contributed by atoms with Crippen LogP contribution in [0.5, 0.6) is 0 Å². The average molecular weight is 250 g/mol. The van der Waals surface area contributed by atoms with Crippen molar-refractivity contribution < 1.29 is 5.11 Å². The third-order valence-electron chi connectivity index (χ3n) is 3.30. The maximum atomic E-state index is 8.76. The highest BCUT2D eigenvalue weighted by Crippen LogP contribution is 2.13. The molecule has 5 heteroatoms. The molecular formula is C13H22N4O. The predicted molar refractivity (Wildman–Crippen MR) is 71.6 cm³/mol. The van der Waals surface area contributed by atoms with E-state index in [4.69, 9.17) is 5.11 Å². The third kappa shape index (κ3) is 4.23. The first kappa shape index (κ1) is 13.2. The summed E-state index contributed by atoms with van der Waals surface area (Å²) < 4.78 is 0. The summed E-state index contributed by atoms with van der Waals surface area (Å²) >= 11 is 0. The fourth-order valence-electron chi connectivity index (χ4n) is 2.31. The average Bonchev–Trinajstić information content (AvgIpc) is 2.44.